The van der Waals surface area contributed by atoms with Gasteiger partial charge in [0, 0.05) is 48.7 Å². The predicted octanol–water partition coefficient (Wildman–Crippen LogP) is 3.55. The van der Waals surface area contributed by atoms with Crippen LogP contribution >= 0.6 is 0 Å². The van der Waals surface area contributed by atoms with Crippen LogP contribution in [0.3, 0.4) is 0 Å². The van der Waals surface area contributed by atoms with Crippen LogP contribution in [0.1, 0.15) is 53.9 Å². The Morgan fingerprint density at radius 3 is 2.54 bits per heavy atom. The van der Waals surface area contributed by atoms with Crippen LogP contribution in [-0.4, -0.2) is 44.2 Å². The number of rotatable bonds is 4. The molecule has 2 aliphatic carbocycles. The molecular weight excluding hydrogens is 360 g/mol. The maximum Gasteiger partial charge on any atom is 0.336 e. The molecule has 156 valence electrons. The monoisotopic (exact) mass is 392 g/mol. The Kier molecular flexibility index (Phi) is 5.49. The van der Waals surface area contributed by atoms with Crippen molar-refractivity contribution in [3.05, 3.63) is 22.8 Å². The van der Waals surface area contributed by atoms with Crippen LogP contribution in [0.15, 0.2) is 22.8 Å². The summed E-state index contributed by atoms with van der Waals surface area (Å²) in [5.41, 5.74) is 1.64. The van der Waals surface area contributed by atoms with Crippen molar-refractivity contribution in [2.24, 2.45) is 17.3 Å². The number of carbonyl (C=O) groups excluding carboxylic acids is 2. The molecule has 3 aliphatic rings. The molecule has 0 aromatic rings. The highest BCUT2D eigenvalue weighted by molar-refractivity contribution is 5.92. The third-order valence-corrected chi connectivity index (χ3v) is 7.52. The van der Waals surface area contributed by atoms with Gasteiger partial charge >= 0.3 is 11.9 Å². The molecule has 0 N–H and O–H groups in total. The zero-order valence-corrected chi connectivity index (χ0v) is 18.0. The van der Waals surface area contributed by atoms with E-state index in [-0.39, 0.29) is 41.4 Å². The van der Waals surface area contributed by atoms with Gasteiger partial charge in [-0.05, 0) is 39.5 Å². The highest BCUT2D eigenvalue weighted by Gasteiger charge is 2.65. The first-order valence-corrected chi connectivity index (χ1v) is 10.0. The molecule has 1 aliphatic heterocycles. The van der Waals surface area contributed by atoms with Gasteiger partial charge in [0.05, 0.1) is 6.10 Å². The summed E-state index contributed by atoms with van der Waals surface area (Å²) >= 11 is 0. The maximum atomic E-state index is 12.4. The summed E-state index contributed by atoms with van der Waals surface area (Å²) in [6.45, 7) is 9.67. The van der Waals surface area contributed by atoms with E-state index in [1.165, 1.54) is 0 Å². The first-order valence-electron chi connectivity index (χ1n) is 10.0. The lowest BCUT2D eigenvalue weighted by Crippen LogP contribution is -2.61. The van der Waals surface area contributed by atoms with E-state index in [1.54, 1.807) is 34.1 Å². The number of hydrogen-bond donors (Lipinski definition) is 0. The molecule has 1 unspecified atom stereocenters. The van der Waals surface area contributed by atoms with Crippen molar-refractivity contribution in [1.29, 1.82) is 0 Å². The van der Waals surface area contributed by atoms with Gasteiger partial charge in [-0.2, -0.15) is 0 Å². The summed E-state index contributed by atoms with van der Waals surface area (Å²) in [7, 11) is 3.24. The lowest BCUT2D eigenvalue weighted by atomic mass is 9.51. The van der Waals surface area contributed by atoms with E-state index in [0.29, 0.717) is 17.6 Å². The second-order valence-corrected chi connectivity index (χ2v) is 8.55. The van der Waals surface area contributed by atoms with Crippen LogP contribution in [0.2, 0.25) is 0 Å². The summed E-state index contributed by atoms with van der Waals surface area (Å²) < 4.78 is 23.3. The molecule has 3 rings (SSSR count). The second-order valence-electron chi connectivity index (χ2n) is 8.55. The Balaban J connectivity index is 1.99. The molecule has 0 spiro atoms. The molecule has 2 saturated carbocycles. The van der Waals surface area contributed by atoms with Gasteiger partial charge < -0.3 is 18.9 Å². The lowest BCUT2D eigenvalue weighted by molar-refractivity contribution is -0.244. The smallest absolute Gasteiger partial charge is 0.336 e. The molecule has 28 heavy (non-hydrogen) atoms. The van der Waals surface area contributed by atoms with Crippen LogP contribution in [0.4, 0.5) is 0 Å². The third kappa shape index (κ3) is 2.84. The zero-order valence-electron chi connectivity index (χ0n) is 18.0. The molecule has 0 aromatic carbocycles. The van der Waals surface area contributed by atoms with Crippen molar-refractivity contribution in [2.45, 2.75) is 71.9 Å². The topological polar surface area (TPSA) is 71.1 Å². The Hall–Kier alpha value is -1.66. The molecule has 6 heteroatoms. The number of allylic oxidation sites excluding steroid dienone is 1. The van der Waals surface area contributed by atoms with Crippen molar-refractivity contribution < 1.29 is 28.5 Å². The van der Waals surface area contributed by atoms with Gasteiger partial charge in [-0.15, -0.1) is 0 Å². The van der Waals surface area contributed by atoms with Gasteiger partial charge in [-0.1, -0.05) is 19.9 Å². The third-order valence-electron chi connectivity index (χ3n) is 7.52. The van der Waals surface area contributed by atoms with Crippen LogP contribution in [0.5, 0.6) is 0 Å². The Morgan fingerprint density at radius 1 is 1.29 bits per heavy atom. The van der Waals surface area contributed by atoms with Crippen LogP contribution < -0.4 is 0 Å². The summed E-state index contributed by atoms with van der Waals surface area (Å²) in [5, 5.41) is 0. The highest BCUT2D eigenvalue weighted by Crippen LogP contribution is 2.61. The van der Waals surface area contributed by atoms with Crippen molar-refractivity contribution in [3.8, 4) is 0 Å². The summed E-state index contributed by atoms with van der Waals surface area (Å²) in [5.74, 6) is -1.40. The quantitative estimate of drug-likeness (QED) is 0.538. The van der Waals surface area contributed by atoms with Crippen LogP contribution in [0.25, 0.3) is 0 Å². The molecule has 0 saturated heterocycles. The first kappa shape index (κ1) is 21.1. The first-order chi connectivity index (χ1) is 13.2. The predicted molar refractivity (Wildman–Crippen MR) is 103 cm³/mol. The van der Waals surface area contributed by atoms with Crippen LogP contribution in [0, 0.1) is 17.3 Å². The molecule has 0 bridgehead atoms. The molecular formula is C22H32O6. The minimum atomic E-state index is -1.04. The van der Waals surface area contributed by atoms with Gasteiger partial charge in [0.15, 0.2) is 0 Å². The summed E-state index contributed by atoms with van der Waals surface area (Å²) in [6, 6.07) is 0. The van der Waals surface area contributed by atoms with E-state index < -0.39 is 5.79 Å². The van der Waals surface area contributed by atoms with Crippen molar-refractivity contribution in [3.63, 3.8) is 0 Å². The van der Waals surface area contributed by atoms with Crippen molar-refractivity contribution in [2.75, 3.05) is 14.2 Å². The number of esters is 2. The molecule has 0 radical (unpaired) electrons. The normalized spacial score (nSPS) is 40.7. The highest BCUT2D eigenvalue weighted by atomic mass is 16.7. The number of fused-ring (bicyclic) bond motifs is 2. The van der Waals surface area contributed by atoms with Crippen molar-refractivity contribution >= 4 is 11.9 Å². The molecule has 6 nitrogen and oxygen atoms in total. The fourth-order valence-electron chi connectivity index (χ4n) is 5.45. The fraction of sp³-hybridized carbons (Fsp3) is 0.727. The Labute approximate surface area is 167 Å². The van der Waals surface area contributed by atoms with Gasteiger partial charge in [-0.3, -0.25) is 0 Å². The van der Waals surface area contributed by atoms with Crippen molar-refractivity contribution in [1.82, 2.24) is 0 Å². The van der Waals surface area contributed by atoms with E-state index in [4.69, 9.17) is 18.9 Å². The summed E-state index contributed by atoms with van der Waals surface area (Å²) in [4.78, 5) is 24.7. The number of hydrogen-bond acceptors (Lipinski definition) is 6. The number of methoxy groups -OCH3 is 2. The minimum Gasteiger partial charge on any atom is -0.459 e. The lowest BCUT2D eigenvalue weighted by Gasteiger charge is -2.58. The van der Waals surface area contributed by atoms with Gasteiger partial charge in [-0.25, -0.2) is 9.59 Å². The second kappa shape index (κ2) is 7.30. The Morgan fingerprint density at radius 2 is 1.96 bits per heavy atom. The van der Waals surface area contributed by atoms with E-state index in [9.17, 15) is 9.59 Å². The SMILES string of the molecule is C/C=C(/C)C(=O)O[C@H]1CCC2C[C@@]3(OC)OC(=O)C(C)=C3[C@@H](OC)[C@]2(C)[C@H]1C. The number of carbonyl (C=O) groups is 2. The summed E-state index contributed by atoms with van der Waals surface area (Å²) in [6.07, 6.45) is 3.43. The zero-order chi connectivity index (χ0) is 20.9. The van der Waals surface area contributed by atoms with Gasteiger partial charge in [0.2, 0.25) is 5.79 Å². The van der Waals surface area contributed by atoms with E-state index in [0.717, 1.165) is 18.4 Å². The molecule has 6 atom stereocenters. The largest absolute Gasteiger partial charge is 0.459 e. The molecule has 0 amide bonds. The van der Waals surface area contributed by atoms with Gasteiger partial charge in [0.25, 0.3) is 0 Å². The average molecular weight is 392 g/mol. The van der Waals surface area contributed by atoms with Gasteiger partial charge in [0.1, 0.15) is 6.10 Å². The van der Waals surface area contributed by atoms with E-state index in [2.05, 4.69) is 13.8 Å². The average Bonchev–Trinajstić information content (AvgIpc) is 2.93. The van der Waals surface area contributed by atoms with E-state index >= 15 is 0 Å². The Bertz CT molecular complexity index is 737. The minimum absolute atomic E-state index is 0.0515. The van der Waals surface area contributed by atoms with Crippen LogP contribution in [-0.2, 0) is 28.5 Å². The maximum absolute atomic E-state index is 12.4. The fourth-order valence-corrected chi connectivity index (χ4v) is 5.45. The van der Waals surface area contributed by atoms with E-state index in [1.807, 2.05) is 6.92 Å². The molecule has 2 fully saturated rings. The molecule has 0 aromatic heterocycles. The number of ether oxygens (including phenoxy) is 4. The standard InChI is InChI=1S/C22H32O6/c1-8-12(2)19(23)27-16-10-9-15-11-22(26-7)17(13(3)20(24)28-22)18(25-6)21(15,5)14(16)4/h8,14-16,18H,9-11H2,1-7H3/b12-8-/t14-,15?,16-,18+,21+,22+/m0/s1. The molecule has 1 heterocycles.